The lowest BCUT2D eigenvalue weighted by molar-refractivity contribution is 0.161. The van der Waals surface area contributed by atoms with Crippen molar-refractivity contribution in [2.75, 3.05) is 11.9 Å². The number of hydrogen-bond acceptors (Lipinski definition) is 5. The quantitative estimate of drug-likeness (QED) is 0.832. The van der Waals surface area contributed by atoms with Crippen LogP contribution in [-0.4, -0.2) is 37.5 Å². The summed E-state index contributed by atoms with van der Waals surface area (Å²) in [4.78, 5) is 8.35. The Balaban J connectivity index is 2.08. The lowest BCUT2D eigenvalue weighted by Crippen LogP contribution is -2.21. The van der Waals surface area contributed by atoms with E-state index in [-0.39, 0.29) is 6.10 Å². The smallest absolute Gasteiger partial charge is 0.163 e. The van der Waals surface area contributed by atoms with Crippen LogP contribution in [0.3, 0.4) is 0 Å². The van der Waals surface area contributed by atoms with Crippen molar-refractivity contribution >= 4 is 16.9 Å². The van der Waals surface area contributed by atoms with Crippen LogP contribution in [0.25, 0.3) is 11.0 Å². The summed E-state index contributed by atoms with van der Waals surface area (Å²) < 4.78 is 1.70. The molecule has 1 atom stereocenters. The molecule has 2 heterocycles. The summed E-state index contributed by atoms with van der Waals surface area (Å²) in [6.07, 6.45) is 3.63. The molecule has 0 radical (unpaired) electrons. The van der Waals surface area contributed by atoms with E-state index in [4.69, 9.17) is 0 Å². The normalized spacial score (nSPS) is 13.2. The summed E-state index contributed by atoms with van der Waals surface area (Å²) in [7, 11) is 1.84. The molecule has 0 aromatic carbocycles. The highest BCUT2D eigenvalue weighted by atomic mass is 16.3. The average molecular weight is 249 g/mol. The van der Waals surface area contributed by atoms with Gasteiger partial charge in [0, 0.05) is 13.6 Å². The molecule has 1 unspecified atom stereocenters. The third-order valence-corrected chi connectivity index (χ3v) is 2.78. The van der Waals surface area contributed by atoms with Crippen molar-refractivity contribution in [1.82, 2.24) is 19.7 Å². The van der Waals surface area contributed by atoms with Gasteiger partial charge in [-0.2, -0.15) is 5.10 Å². The average Bonchev–Trinajstić information content (AvgIpc) is 2.68. The van der Waals surface area contributed by atoms with Gasteiger partial charge in [0.2, 0.25) is 0 Å². The molecule has 2 aromatic heterocycles. The lowest BCUT2D eigenvalue weighted by Gasteiger charge is -2.14. The molecule has 0 saturated heterocycles. The van der Waals surface area contributed by atoms with Crippen molar-refractivity contribution in [1.29, 1.82) is 0 Å². The second-order valence-corrected chi connectivity index (χ2v) is 4.89. The molecule has 98 valence electrons. The third-order valence-electron chi connectivity index (χ3n) is 2.78. The maximum atomic E-state index is 9.83. The van der Waals surface area contributed by atoms with Crippen LogP contribution in [0, 0.1) is 5.92 Å². The first-order chi connectivity index (χ1) is 8.58. The van der Waals surface area contributed by atoms with E-state index in [9.17, 15) is 5.11 Å². The third kappa shape index (κ3) is 2.76. The van der Waals surface area contributed by atoms with Crippen molar-refractivity contribution in [3.63, 3.8) is 0 Å². The van der Waals surface area contributed by atoms with Crippen LogP contribution in [0.2, 0.25) is 0 Å². The fraction of sp³-hybridized carbons (Fsp3) is 0.583. The zero-order chi connectivity index (χ0) is 13.1. The molecule has 0 fully saturated rings. The fourth-order valence-corrected chi connectivity index (χ4v) is 1.94. The van der Waals surface area contributed by atoms with E-state index in [2.05, 4.69) is 34.2 Å². The minimum atomic E-state index is -0.369. The lowest BCUT2D eigenvalue weighted by atomic mass is 10.1. The van der Waals surface area contributed by atoms with Gasteiger partial charge in [0.15, 0.2) is 5.65 Å². The maximum Gasteiger partial charge on any atom is 0.163 e. The molecule has 6 heteroatoms. The Hall–Kier alpha value is -1.69. The molecular weight excluding hydrogens is 230 g/mol. The molecule has 0 aliphatic heterocycles. The van der Waals surface area contributed by atoms with Gasteiger partial charge in [-0.1, -0.05) is 13.8 Å². The van der Waals surface area contributed by atoms with Crippen LogP contribution in [0.15, 0.2) is 12.5 Å². The van der Waals surface area contributed by atoms with Gasteiger partial charge in [-0.15, -0.1) is 0 Å². The van der Waals surface area contributed by atoms with E-state index < -0.39 is 0 Å². The number of aliphatic hydroxyl groups excluding tert-OH is 1. The highest BCUT2D eigenvalue weighted by molar-refractivity contribution is 5.85. The first kappa shape index (κ1) is 12.8. The molecule has 0 aliphatic carbocycles. The summed E-state index contributed by atoms with van der Waals surface area (Å²) in [5.41, 5.74) is 0.783. The molecule has 0 spiro atoms. The molecule has 2 rings (SSSR count). The Labute approximate surface area is 106 Å². The highest BCUT2D eigenvalue weighted by Gasteiger charge is 2.10. The molecule has 0 bridgehead atoms. The highest BCUT2D eigenvalue weighted by Crippen LogP contribution is 2.17. The van der Waals surface area contributed by atoms with Crippen LogP contribution in [0.5, 0.6) is 0 Å². The van der Waals surface area contributed by atoms with Crippen molar-refractivity contribution in [3.8, 4) is 0 Å². The molecule has 2 N–H and O–H groups in total. The topological polar surface area (TPSA) is 75.9 Å². The minimum absolute atomic E-state index is 0.369. The van der Waals surface area contributed by atoms with Gasteiger partial charge in [-0.25, -0.2) is 9.97 Å². The Morgan fingerprint density at radius 3 is 2.89 bits per heavy atom. The van der Waals surface area contributed by atoms with Crippen molar-refractivity contribution in [3.05, 3.63) is 12.5 Å². The summed E-state index contributed by atoms with van der Waals surface area (Å²) >= 11 is 0. The number of aromatic nitrogens is 4. The monoisotopic (exact) mass is 249 g/mol. The standard InChI is InChI=1S/C12H19N5O/c1-8(2)4-9(18)5-13-11-10-6-16-17(3)12(10)15-7-14-11/h6-9,18H,4-5H2,1-3H3,(H,13,14,15). The molecule has 18 heavy (non-hydrogen) atoms. The zero-order valence-corrected chi connectivity index (χ0v) is 11.0. The summed E-state index contributed by atoms with van der Waals surface area (Å²) in [6, 6.07) is 0. The van der Waals surface area contributed by atoms with Crippen LogP contribution in [0.1, 0.15) is 20.3 Å². The molecule has 2 aromatic rings. The van der Waals surface area contributed by atoms with E-state index in [1.54, 1.807) is 10.9 Å². The Morgan fingerprint density at radius 1 is 1.39 bits per heavy atom. The van der Waals surface area contributed by atoms with Crippen molar-refractivity contribution < 1.29 is 5.11 Å². The van der Waals surface area contributed by atoms with E-state index >= 15 is 0 Å². The van der Waals surface area contributed by atoms with Crippen molar-refractivity contribution in [2.45, 2.75) is 26.4 Å². The number of aliphatic hydroxyl groups is 1. The SMILES string of the molecule is CC(C)CC(O)CNc1ncnc2c1cnn2C. The number of aryl methyl sites for hydroxylation is 1. The van der Waals surface area contributed by atoms with Gasteiger partial charge in [0.25, 0.3) is 0 Å². The maximum absolute atomic E-state index is 9.83. The van der Waals surface area contributed by atoms with E-state index in [0.717, 1.165) is 23.3 Å². The van der Waals surface area contributed by atoms with E-state index in [0.29, 0.717) is 12.5 Å². The van der Waals surface area contributed by atoms with Crippen molar-refractivity contribution in [2.24, 2.45) is 13.0 Å². The first-order valence-corrected chi connectivity index (χ1v) is 6.12. The Kier molecular flexibility index (Phi) is 3.76. The Morgan fingerprint density at radius 2 is 2.17 bits per heavy atom. The second kappa shape index (κ2) is 5.30. The first-order valence-electron chi connectivity index (χ1n) is 6.12. The number of fused-ring (bicyclic) bond motifs is 1. The number of nitrogens with zero attached hydrogens (tertiary/aromatic N) is 4. The zero-order valence-electron chi connectivity index (χ0n) is 11.0. The Bertz CT molecular complexity index is 522. The predicted molar refractivity (Wildman–Crippen MR) is 70.3 cm³/mol. The fourth-order valence-electron chi connectivity index (χ4n) is 1.94. The van der Waals surface area contributed by atoms with Crippen LogP contribution in [0.4, 0.5) is 5.82 Å². The molecular formula is C12H19N5O. The van der Waals surface area contributed by atoms with Gasteiger partial charge in [-0.05, 0) is 12.3 Å². The summed E-state index contributed by atoms with van der Waals surface area (Å²) in [6.45, 7) is 4.67. The van der Waals surface area contributed by atoms with Gasteiger partial charge in [-0.3, -0.25) is 4.68 Å². The molecule has 0 saturated carbocycles. The minimum Gasteiger partial charge on any atom is -0.391 e. The molecule has 0 amide bonds. The number of anilines is 1. The van der Waals surface area contributed by atoms with Gasteiger partial charge in [0.1, 0.15) is 12.1 Å². The van der Waals surface area contributed by atoms with Gasteiger partial charge < -0.3 is 10.4 Å². The molecule has 6 nitrogen and oxygen atoms in total. The summed E-state index contributed by atoms with van der Waals surface area (Å²) in [5, 5.41) is 18.0. The predicted octanol–water partition coefficient (Wildman–Crippen LogP) is 1.18. The number of nitrogens with one attached hydrogen (secondary N) is 1. The number of rotatable bonds is 5. The van der Waals surface area contributed by atoms with E-state index in [1.165, 1.54) is 6.33 Å². The summed E-state index contributed by atoms with van der Waals surface area (Å²) in [5.74, 6) is 1.20. The second-order valence-electron chi connectivity index (χ2n) is 4.89. The van der Waals surface area contributed by atoms with Crippen LogP contribution < -0.4 is 5.32 Å². The molecule has 0 aliphatic rings. The number of hydrogen-bond donors (Lipinski definition) is 2. The largest absolute Gasteiger partial charge is 0.391 e. The van der Waals surface area contributed by atoms with E-state index in [1.807, 2.05) is 7.05 Å². The van der Waals surface area contributed by atoms with Gasteiger partial charge in [0.05, 0.1) is 17.7 Å². The van der Waals surface area contributed by atoms with Crippen LogP contribution >= 0.6 is 0 Å². The van der Waals surface area contributed by atoms with Crippen LogP contribution in [-0.2, 0) is 7.05 Å². The van der Waals surface area contributed by atoms with Gasteiger partial charge >= 0.3 is 0 Å².